The third kappa shape index (κ3) is 4.74. The lowest BCUT2D eigenvalue weighted by Crippen LogP contribution is -2.40. The van der Waals surface area contributed by atoms with E-state index in [1.165, 1.54) is 24.8 Å². The van der Waals surface area contributed by atoms with Crippen molar-refractivity contribution in [3.63, 3.8) is 0 Å². The molecule has 0 radical (unpaired) electrons. The molecule has 4 heteroatoms. The second kappa shape index (κ2) is 7.46. The van der Waals surface area contributed by atoms with Crippen LogP contribution in [0.2, 0.25) is 0 Å². The van der Waals surface area contributed by atoms with Gasteiger partial charge in [-0.05, 0) is 51.9 Å². The molecule has 0 amide bonds. The van der Waals surface area contributed by atoms with Crippen molar-refractivity contribution in [1.29, 1.82) is 0 Å². The molecule has 1 heterocycles. The molecule has 1 aliphatic heterocycles. The Morgan fingerprint density at radius 2 is 2.05 bits per heavy atom. The van der Waals surface area contributed by atoms with Crippen LogP contribution in [0.3, 0.4) is 0 Å². The lowest BCUT2D eigenvalue weighted by molar-refractivity contribution is -0.135. The third-order valence-corrected chi connectivity index (χ3v) is 4.38. The zero-order valence-corrected chi connectivity index (χ0v) is 13.1. The number of nitrogens with zero attached hydrogens (tertiary/aromatic N) is 2. The van der Waals surface area contributed by atoms with Crippen LogP contribution in [-0.2, 0) is 4.79 Å². The fraction of sp³-hybridized carbons (Fsp3) is 0.588. The standard InChI is InChI=1S/C17H26N2O2/c1-14-6-8-16(9-7-14)19(13-17(20)21)12-10-15-5-3-4-11-18(15)2/h6-9,15H,3-5,10-13H2,1-2H3,(H,20,21). The monoisotopic (exact) mass is 290 g/mol. The largest absolute Gasteiger partial charge is 0.480 e. The number of carboxylic acids is 1. The summed E-state index contributed by atoms with van der Waals surface area (Å²) < 4.78 is 0. The van der Waals surface area contributed by atoms with E-state index in [0.717, 1.165) is 25.2 Å². The molecule has 1 saturated heterocycles. The Kier molecular flexibility index (Phi) is 5.62. The summed E-state index contributed by atoms with van der Waals surface area (Å²) in [6.45, 7) is 4.07. The summed E-state index contributed by atoms with van der Waals surface area (Å²) >= 11 is 0. The van der Waals surface area contributed by atoms with E-state index in [9.17, 15) is 4.79 Å². The Balaban J connectivity index is 1.99. The molecular formula is C17H26N2O2. The predicted molar refractivity (Wildman–Crippen MR) is 85.9 cm³/mol. The van der Waals surface area contributed by atoms with Crippen LogP contribution in [0.15, 0.2) is 24.3 Å². The summed E-state index contributed by atoms with van der Waals surface area (Å²) in [5.74, 6) is -0.771. The van der Waals surface area contributed by atoms with Gasteiger partial charge >= 0.3 is 5.97 Å². The third-order valence-electron chi connectivity index (χ3n) is 4.38. The van der Waals surface area contributed by atoms with Gasteiger partial charge in [-0.1, -0.05) is 24.1 Å². The van der Waals surface area contributed by atoms with E-state index in [1.807, 2.05) is 36.1 Å². The fourth-order valence-corrected chi connectivity index (χ4v) is 3.03. The van der Waals surface area contributed by atoms with Crippen molar-refractivity contribution in [2.24, 2.45) is 0 Å². The smallest absolute Gasteiger partial charge is 0.323 e. The maximum atomic E-state index is 11.1. The second-order valence-electron chi connectivity index (χ2n) is 6.07. The van der Waals surface area contributed by atoms with Gasteiger partial charge in [0.05, 0.1) is 0 Å². The van der Waals surface area contributed by atoms with Crippen LogP contribution in [0.25, 0.3) is 0 Å². The molecule has 2 rings (SSSR count). The van der Waals surface area contributed by atoms with Crippen LogP contribution in [-0.4, -0.2) is 48.7 Å². The first kappa shape index (κ1) is 15.8. The number of hydrogen-bond donors (Lipinski definition) is 1. The van der Waals surface area contributed by atoms with Crippen molar-refractivity contribution in [2.45, 2.75) is 38.6 Å². The molecule has 116 valence electrons. The molecule has 1 aromatic carbocycles. The van der Waals surface area contributed by atoms with Gasteiger partial charge in [0.1, 0.15) is 6.54 Å². The van der Waals surface area contributed by atoms with Gasteiger partial charge in [0.2, 0.25) is 0 Å². The first-order valence-corrected chi connectivity index (χ1v) is 7.80. The molecule has 0 saturated carbocycles. The molecule has 21 heavy (non-hydrogen) atoms. The summed E-state index contributed by atoms with van der Waals surface area (Å²) in [6, 6.07) is 8.69. The van der Waals surface area contributed by atoms with E-state index < -0.39 is 5.97 Å². The summed E-state index contributed by atoms with van der Waals surface area (Å²) in [5.41, 5.74) is 2.20. The Labute approximate surface area is 127 Å². The van der Waals surface area contributed by atoms with Crippen molar-refractivity contribution in [1.82, 2.24) is 4.90 Å². The SMILES string of the molecule is Cc1ccc(N(CCC2CCCCN2C)CC(=O)O)cc1. The van der Waals surface area contributed by atoms with Gasteiger partial charge in [-0.15, -0.1) is 0 Å². The number of aliphatic carboxylic acids is 1. The highest BCUT2D eigenvalue weighted by molar-refractivity contribution is 5.73. The number of anilines is 1. The van der Waals surface area contributed by atoms with E-state index >= 15 is 0 Å². The Morgan fingerprint density at radius 1 is 1.33 bits per heavy atom. The van der Waals surface area contributed by atoms with Gasteiger partial charge in [-0.2, -0.15) is 0 Å². The van der Waals surface area contributed by atoms with Crippen LogP contribution in [0.5, 0.6) is 0 Å². The summed E-state index contributed by atoms with van der Waals surface area (Å²) in [6.07, 6.45) is 4.82. The molecular weight excluding hydrogens is 264 g/mol. The van der Waals surface area contributed by atoms with E-state index in [2.05, 4.69) is 11.9 Å². The molecule has 1 N–H and O–H groups in total. The summed E-state index contributed by atoms with van der Waals surface area (Å²) in [7, 11) is 2.18. The molecule has 0 aromatic heterocycles. The van der Waals surface area contributed by atoms with Crippen molar-refractivity contribution < 1.29 is 9.90 Å². The molecule has 0 bridgehead atoms. The average Bonchev–Trinajstić information content (AvgIpc) is 2.45. The highest BCUT2D eigenvalue weighted by Gasteiger charge is 2.20. The maximum Gasteiger partial charge on any atom is 0.323 e. The summed E-state index contributed by atoms with van der Waals surface area (Å²) in [4.78, 5) is 15.5. The van der Waals surface area contributed by atoms with Gasteiger partial charge < -0.3 is 14.9 Å². The Hall–Kier alpha value is -1.55. The summed E-state index contributed by atoms with van der Waals surface area (Å²) in [5, 5.41) is 9.14. The van der Waals surface area contributed by atoms with Crippen LogP contribution in [0, 0.1) is 6.92 Å². The number of carbonyl (C=O) groups is 1. The lowest BCUT2D eigenvalue weighted by Gasteiger charge is -2.34. The fourth-order valence-electron chi connectivity index (χ4n) is 3.03. The van der Waals surface area contributed by atoms with Gasteiger partial charge in [-0.25, -0.2) is 0 Å². The number of piperidine rings is 1. The van der Waals surface area contributed by atoms with Crippen LogP contribution < -0.4 is 4.90 Å². The zero-order chi connectivity index (χ0) is 15.2. The molecule has 0 aliphatic carbocycles. The quantitative estimate of drug-likeness (QED) is 0.875. The minimum Gasteiger partial charge on any atom is -0.480 e. The van der Waals surface area contributed by atoms with Crippen molar-refractivity contribution in [2.75, 3.05) is 31.6 Å². The van der Waals surface area contributed by atoms with Crippen molar-refractivity contribution >= 4 is 11.7 Å². The number of hydrogen-bond acceptors (Lipinski definition) is 3. The average molecular weight is 290 g/mol. The number of aryl methyl sites for hydroxylation is 1. The molecule has 1 atom stereocenters. The normalized spacial score (nSPS) is 19.4. The Bertz CT molecular complexity index is 458. The second-order valence-corrected chi connectivity index (χ2v) is 6.07. The van der Waals surface area contributed by atoms with E-state index in [-0.39, 0.29) is 6.54 Å². The van der Waals surface area contributed by atoms with Crippen molar-refractivity contribution in [3.8, 4) is 0 Å². The van der Waals surface area contributed by atoms with E-state index in [0.29, 0.717) is 6.04 Å². The molecule has 1 fully saturated rings. The number of benzene rings is 1. The van der Waals surface area contributed by atoms with Crippen LogP contribution >= 0.6 is 0 Å². The van der Waals surface area contributed by atoms with Crippen LogP contribution in [0.4, 0.5) is 5.69 Å². The molecule has 1 unspecified atom stereocenters. The maximum absolute atomic E-state index is 11.1. The highest BCUT2D eigenvalue weighted by atomic mass is 16.4. The topological polar surface area (TPSA) is 43.8 Å². The highest BCUT2D eigenvalue weighted by Crippen LogP contribution is 2.20. The van der Waals surface area contributed by atoms with E-state index in [1.54, 1.807) is 0 Å². The van der Waals surface area contributed by atoms with Gasteiger partial charge in [-0.3, -0.25) is 4.79 Å². The first-order valence-electron chi connectivity index (χ1n) is 7.80. The molecule has 0 spiro atoms. The number of likely N-dealkylation sites (tertiary alicyclic amines) is 1. The molecule has 4 nitrogen and oxygen atoms in total. The minimum atomic E-state index is -0.771. The molecule has 1 aromatic rings. The minimum absolute atomic E-state index is 0.0689. The Morgan fingerprint density at radius 3 is 2.67 bits per heavy atom. The first-order chi connectivity index (χ1) is 10.1. The van der Waals surface area contributed by atoms with Gasteiger partial charge in [0.25, 0.3) is 0 Å². The molecule has 1 aliphatic rings. The van der Waals surface area contributed by atoms with Crippen LogP contribution in [0.1, 0.15) is 31.2 Å². The van der Waals surface area contributed by atoms with E-state index in [4.69, 9.17) is 5.11 Å². The number of rotatable bonds is 6. The van der Waals surface area contributed by atoms with Gasteiger partial charge in [0.15, 0.2) is 0 Å². The van der Waals surface area contributed by atoms with Crippen molar-refractivity contribution in [3.05, 3.63) is 29.8 Å². The lowest BCUT2D eigenvalue weighted by atomic mass is 10.00. The predicted octanol–water partition coefficient (Wildman–Crippen LogP) is 2.76. The zero-order valence-electron chi connectivity index (χ0n) is 13.1. The van der Waals surface area contributed by atoms with Gasteiger partial charge in [0, 0.05) is 18.3 Å². The number of carboxylic acid groups (broad SMARTS) is 1.